The van der Waals surface area contributed by atoms with Gasteiger partial charge in [0.05, 0.1) is 6.10 Å². The quantitative estimate of drug-likeness (QED) is 0.375. The maximum absolute atomic E-state index is 10.3. The third-order valence-corrected chi connectivity index (χ3v) is 1.94. The van der Waals surface area contributed by atoms with Crippen molar-refractivity contribution >= 4 is 15.2 Å². The molecule has 0 fully saturated rings. The maximum atomic E-state index is 10.3. The molecule has 0 aromatic rings. The first-order valence-corrected chi connectivity index (χ1v) is 4.08. The largest absolute Gasteiger partial charge is 0.387 e. The molecule has 0 saturated heterocycles. The summed E-state index contributed by atoms with van der Waals surface area (Å²) in [5, 5.41) is 9.11. The second kappa shape index (κ2) is 4.87. The van der Waals surface area contributed by atoms with Gasteiger partial charge in [0.25, 0.3) is 0 Å². The van der Waals surface area contributed by atoms with Crippen LogP contribution in [0.3, 0.4) is 0 Å². The highest BCUT2D eigenvalue weighted by Crippen LogP contribution is 1.95. The topological polar surface area (TPSA) is 54.4 Å². The van der Waals surface area contributed by atoms with Gasteiger partial charge in [-0.25, -0.2) is 0 Å². The summed E-state index contributed by atoms with van der Waals surface area (Å²) in [6.45, 7) is 6.63. The van der Waals surface area contributed by atoms with Gasteiger partial charge in [0.15, 0.2) is 0 Å². The Morgan fingerprint density at radius 1 is 1.55 bits per heavy atom. The van der Waals surface area contributed by atoms with Crippen LogP contribution in [0.15, 0.2) is 25.3 Å². The van der Waals surface area contributed by atoms with Crippen LogP contribution in [-0.2, 0) is 10.3 Å². The van der Waals surface area contributed by atoms with Gasteiger partial charge in [0.1, 0.15) is 4.86 Å². The van der Waals surface area contributed by atoms with Crippen molar-refractivity contribution in [1.29, 1.82) is 0 Å². The third kappa shape index (κ3) is 3.15. The van der Waals surface area contributed by atoms with E-state index >= 15 is 0 Å². The molecule has 0 bridgehead atoms. The van der Waals surface area contributed by atoms with E-state index in [1.54, 1.807) is 0 Å². The lowest BCUT2D eigenvalue weighted by Crippen LogP contribution is -2.17. The van der Waals surface area contributed by atoms with Gasteiger partial charge >= 0.3 is 0 Å². The molecule has 0 amide bonds. The first-order valence-electron chi connectivity index (χ1n) is 3.01. The van der Waals surface area contributed by atoms with Crippen molar-refractivity contribution in [3.63, 3.8) is 0 Å². The molecule has 0 saturated carbocycles. The average Bonchev–Trinajstić information content (AvgIpc) is 1.88. The van der Waals surface area contributed by atoms with Crippen LogP contribution in [0, 0.1) is 0 Å². The van der Waals surface area contributed by atoms with Crippen molar-refractivity contribution < 1.29 is 13.5 Å². The zero-order chi connectivity index (χ0) is 8.85. The van der Waals surface area contributed by atoms with Gasteiger partial charge in [-0.1, -0.05) is 12.7 Å². The van der Waals surface area contributed by atoms with Gasteiger partial charge in [0.2, 0.25) is 10.3 Å². The van der Waals surface area contributed by atoms with Crippen molar-refractivity contribution in [3.8, 4) is 0 Å². The molecule has 0 aromatic heterocycles. The molecule has 0 heterocycles. The van der Waals surface area contributed by atoms with Crippen molar-refractivity contribution in [1.82, 2.24) is 0 Å². The number of rotatable bonds is 4. The monoisotopic (exact) mass is 174 g/mol. The van der Waals surface area contributed by atoms with Crippen molar-refractivity contribution in [2.24, 2.45) is 0 Å². The van der Waals surface area contributed by atoms with Gasteiger partial charge in [-0.05, 0) is 12.5 Å². The summed E-state index contributed by atoms with van der Waals surface area (Å²) in [5.74, 6) is 0. The molecule has 0 aliphatic rings. The second-order valence-corrected chi connectivity index (χ2v) is 2.82. The summed E-state index contributed by atoms with van der Waals surface area (Å²) >= 11 is 0. The molecule has 3 nitrogen and oxygen atoms in total. The fourth-order valence-electron chi connectivity index (χ4n) is 0.589. The van der Waals surface area contributed by atoms with E-state index in [0.29, 0.717) is 0 Å². The van der Waals surface area contributed by atoms with E-state index in [0.717, 1.165) is 6.08 Å². The number of aliphatic hydroxyl groups excluding tert-OH is 1. The Hall–Kier alpha value is -0.870. The Kier molecular flexibility index (Phi) is 4.49. The van der Waals surface area contributed by atoms with E-state index < -0.39 is 16.4 Å². The highest BCUT2D eigenvalue weighted by molar-refractivity contribution is 7.73. The van der Waals surface area contributed by atoms with Gasteiger partial charge in [-0.15, -0.1) is 6.58 Å². The predicted molar refractivity (Wildman–Crippen MR) is 44.9 cm³/mol. The number of hydrogen-bond acceptors (Lipinski definition) is 3. The highest BCUT2D eigenvalue weighted by Gasteiger charge is 2.07. The fraction of sp³-hybridized carbons (Fsp3) is 0.286. The van der Waals surface area contributed by atoms with E-state index in [1.165, 1.54) is 6.08 Å². The Morgan fingerprint density at radius 2 is 2.09 bits per heavy atom. The standard InChI is InChI=1S/C7H10O3S/c1-3-5-6(8)7(4-2)11(9)10/h3-4,6,8H,1-2,5H2. The SMILES string of the molecule is C=CCC(O)C(C=C)=S(=O)=O. The molecule has 0 aliphatic carbocycles. The molecule has 11 heavy (non-hydrogen) atoms. The number of hydrogen-bond donors (Lipinski definition) is 1. The normalized spacial score (nSPS) is 11.7. The van der Waals surface area contributed by atoms with Crippen molar-refractivity contribution in [3.05, 3.63) is 25.3 Å². The minimum Gasteiger partial charge on any atom is -0.387 e. The van der Waals surface area contributed by atoms with Crippen molar-refractivity contribution in [2.75, 3.05) is 0 Å². The fourth-order valence-corrected chi connectivity index (χ4v) is 1.04. The Labute approximate surface area is 67.2 Å². The summed E-state index contributed by atoms with van der Waals surface area (Å²) in [5.41, 5.74) is 0. The van der Waals surface area contributed by atoms with Crippen LogP contribution < -0.4 is 0 Å². The van der Waals surface area contributed by atoms with E-state index in [1.807, 2.05) is 0 Å². The third-order valence-electron chi connectivity index (χ3n) is 1.11. The molecule has 4 heteroatoms. The predicted octanol–water partition coefficient (Wildman–Crippen LogP) is 0.161. The van der Waals surface area contributed by atoms with Gasteiger partial charge in [0, 0.05) is 0 Å². The van der Waals surface area contributed by atoms with Crippen LogP contribution in [0.1, 0.15) is 6.42 Å². The molecule has 0 spiro atoms. The van der Waals surface area contributed by atoms with Gasteiger partial charge in [-0.2, -0.15) is 8.42 Å². The van der Waals surface area contributed by atoms with Crippen LogP contribution in [0.2, 0.25) is 0 Å². The van der Waals surface area contributed by atoms with E-state index in [-0.39, 0.29) is 11.3 Å². The molecular weight excluding hydrogens is 164 g/mol. The first-order chi connectivity index (χ1) is 5.13. The summed E-state index contributed by atoms with van der Waals surface area (Å²) in [4.78, 5) is -0.0927. The van der Waals surface area contributed by atoms with Crippen LogP contribution >= 0.6 is 0 Å². The lowest BCUT2D eigenvalue weighted by molar-refractivity contribution is 0.248. The second-order valence-electron chi connectivity index (χ2n) is 1.88. The molecule has 1 atom stereocenters. The highest BCUT2D eigenvalue weighted by atomic mass is 32.2. The van der Waals surface area contributed by atoms with E-state index in [9.17, 15) is 8.42 Å². The van der Waals surface area contributed by atoms with Crippen LogP contribution in [0.25, 0.3) is 0 Å². The maximum Gasteiger partial charge on any atom is 0.219 e. The van der Waals surface area contributed by atoms with Gasteiger partial charge in [-0.3, -0.25) is 0 Å². The summed E-state index contributed by atoms with van der Waals surface area (Å²) < 4.78 is 20.7. The zero-order valence-corrected chi connectivity index (χ0v) is 6.84. The van der Waals surface area contributed by atoms with Crippen LogP contribution in [0.5, 0.6) is 0 Å². The Bertz CT molecular complexity index is 266. The summed E-state index contributed by atoms with van der Waals surface area (Å²) in [7, 11) is -2.38. The molecule has 0 radical (unpaired) electrons. The van der Waals surface area contributed by atoms with E-state index in [2.05, 4.69) is 13.2 Å². The lowest BCUT2D eigenvalue weighted by atomic mass is 10.2. The molecule has 0 aliphatic heterocycles. The lowest BCUT2D eigenvalue weighted by Gasteiger charge is -2.02. The van der Waals surface area contributed by atoms with Crippen LogP contribution in [-0.4, -0.2) is 24.5 Å². The number of aliphatic hydroxyl groups is 1. The summed E-state index contributed by atoms with van der Waals surface area (Å²) in [6, 6.07) is 0. The summed E-state index contributed by atoms with van der Waals surface area (Å²) in [6.07, 6.45) is 1.77. The minimum atomic E-state index is -2.38. The Balaban J connectivity index is 4.67. The average molecular weight is 174 g/mol. The van der Waals surface area contributed by atoms with Crippen LogP contribution in [0.4, 0.5) is 0 Å². The molecular formula is C7H10O3S. The first kappa shape index (κ1) is 10.1. The van der Waals surface area contributed by atoms with Crippen molar-refractivity contribution in [2.45, 2.75) is 12.5 Å². The smallest absolute Gasteiger partial charge is 0.219 e. The zero-order valence-electron chi connectivity index (χ0n) is 6.03. The Morgan fingerprint density at radius 3 is 2.36 bits per heavy atom. The minimum absolute atomic E-state index is 0.0927. The van der Waals surface area contributed by atoms with Gasteiger partial charge < -0.3 is 5.11 Å². The molecule has 0 rings (SSSR count). The molecule has 0 aromatic carbocycles. The molecule has 1 N–H and O–H groups in total. The molecule has 62 valence electrons. The molecule has 1 unspecified atom stereocenters. The van der Waals surface area contributed by atoms with E-state index in [4.69, 9.17) is 5.11 Å².